The maximum Gasteiger partial charge on any atom is 0.344 e. The minimum absolute atomic E-state index is 0. The van der Waals surface area contributed by atoms with Crippen LogP contribution in [0.15, 0.2) is 24.3 Å². The molecule has 2 rings (SSSR count). The Bertz CT molecular complexity index is 421. The molecule has 1 saturated heterocycles. The lowest BCUT2D eigenvalue weighted by molar-refractivity contribution is -0.905. The average Bonchev–Trinajstić information content (AvgIpc) is 2.48. The van der Waals surface area contributed by atoms with E-state index in [4.69, 9.17) is 9.47 Å². The van der Waals surface area contributed by atoms with Crippen molar-refractivity contribution in [3.63, 3.8) is 0 Å². The predicted octanol–water partition coefficient (Wildman–Crippen LogP) is -2.18. The van der Waals surface area contributed by atoms with Gasteiger partial charge in [0.05, 0.1) is 13.1 Å². The number of hydrogen-bond acceptors (Lipinski definition) is 3. The number of benzene rings is 1. The molecule has 1 aromatic rings. The van der Waals surface area contributed by atoms with Crippen LogP contribution >= 0.6 is 0 Å². The number of hydrogen-bond donors (Lipinski definition) is 1. The number of halogens is 2. The minimum Gasteiger partial charge on any atom is -1.00 e. The number of nitrogens with one attached hydrogen (secondary N) is 1. The first-order valence-corrected chi connectivity index (χ1v) is 7.11. The quantitative estimate of drug-likeness (QED) is 0.607. The van der Waals surface area contributed by atoms with Gasteiger partial charge in [0.15, 0.2) is 6.61 Å². The van der Waals surface area contributed by atoms with E-state index in [0.29, 0.717) is 12.4 Å². The van der Waals surface area contributed by atoms with Gasteiger partial charge in [0.1, 0.15) is 24.7 Å². The number of quaternary nitrogens is 1. The third-order valence-corrected chi connectivity index (χ3v) is 3.45. The summed E-state index contributed by atoms with van der Waals surface area (Å²) in [5, 5.41) is 0. The van der Waals surface area contributed by atoms with Crippen LogP contribution < -0.4 is 22.0 Å². The smallest absolute Gasteiger partial charge is 0.344 e. The van der Waals surface area contributed by atoms with Crippen molar-refractivity contribution < 1.29 is 36.0 Å². The van der Waals surface area contributed by atoms with E-state index in [0.717, 1.165) is 6.54 Å². The normalized spacial score (nSPS) is 15.1. The van der Waals surface area contributed by atoms with E-state index in [2.05, 4.69) is 0 Å². The van der Waals surface area contributed by atoms with Crippen LogP contribution in [0.3, 0.4) is 0 Å². The van der Waals surface area contributed by atoms with Gasteiger partial charge < -0.3 is 26.8 Å². The summed E-state index contributed by atoms with van der Waals surface area (Å²) < 4.78 is 23.0. The summed E-state index contributed by atoms with van der Waals surface area (Å²) in [5.74, 6) is -0.250. The van der Waals surface area contributed by atoms with Gasteiger partial charge in [-0.1, -0.05) is 0 Å². The van der Waals surface area contributed by atoms with Crippen LogP contribution in [-0.4, -0.2) is 38.8 Å². The second-order valence-corrected chi connectivity index (χ2v) is 5.02. The monoisotopic (exact) mass is 317 g/mol. The van der Waals surface area contributed by atoms with Crippen molar-refractivity contribution in [2.24, 2.45) is 0 Å². The summed E-state index contributed by atoms with van der Waals surface area (Å²) in [7, 11) is 0. The van der Waals surface area contributed by atoms with Crippen LogP contribution in [0.5, 0.6) is 5.75 Å². The highest BCUT2D eigenvalue weighted by Crippen LogP contribution is 2.10. The maximum atomic E-state index is 12.7. The Kier molecular flexibility index (Phi) is 8.08. The van der Waals surface area contributed by atoms with Crippen LogP contribution in [0.4, 0.5) is 4.39 Å². The van der Waals surface area contributed by atoms with E-state index < -0.39 is 0 Å². The summed E-state index contributed by atoms with van der Waals surface area (Å²) in [4.78, 5) is 13.0. The fraction of sp³-hybridized carbons (Fsp3) is 0.533. The molecule has 0 aliphatic carbocycles. The molecular formula is C15H21ClFNO3. The number of ether oxygens (including phenoxy) is 2. The second kappa shape index (κ2) is 9.58. The fourth-order valence-electron chi connectivity index (χ4n) is 2.33. The first-order chi connectivity index (χ1) is 9.74. The van der Waals surface area contributed by atoms with Gasteiger partial charge in [-0.2, -0.15) is 0 Å². The molecule has 0 bridgehead atoms. The van der Waals surface area contributed by atoms with Crippen molar-refractivity contribution in [2.75, 3.05) is 32.8 Å². The van der Waals surface area contributed by atoms with Gasteiger partial charge in [-0.3, -0.25) is 0 Å². The number of carbonyl (C=O) groups is 1. The van der Waals surface area contributed by atoms with Crippen molar-refractivity contribution in [1.82, 2.24) is 0 Å². The van der Waals surface area contributed by atoms with Crippen molar-refractivity contribution in [3.05, 3.63) is 30.1 Å². The first kappa shape index (κ1) is 17.7. The molecule has 1 heterocycles. The predicted molar refractivity (Wildman–Crippen MR) is 72.3 cm³/mol. The molecule has 0 atom stereocenters. The van der Waals surface area contributed by atoms with E-state index >= 15 is 0 Å². The second-order valence-electron chi connectivity index (χ2n) is 5.02. The van der Waals surface area contributed by atoms with Gasteiger partial charge in [0.2, 0.25) is 0 Å². The zero-order valence-corrected chi connectivity index (χ0v) is 12.7. The highest BCUT2D eigenvalue weighted by molar-refractivity contribution is 5.71. The summed E-state index contributed by atoms with van der Waals surface area (Å²) in [6, 6.07) is 5.56. The molecule has 4 nitrogen and oxygen atoms in total. The Morgan fingerprint density at radius 2 is 1.81 bits per heavy atom. The number of piperidine rings is 1. The topological polar surface area (TPSA) is 40.0 Å². The van der Waals surface area contributed by atoms with Crippen molar-refractivity contribution in [2.45, 2.75) is 19.3 Å². The van der Waals surface area contributed by atoms with Gasteiger partial charge in [-0.25, -0.2) is 9.18 Å². The number of likely N-dealkylation sites (tertiary alicyclic amines) is 1. The molecule has 21 heavy (non-hydrogen) atoms. The molecule has 0 radical (unpaired) electrons. The zero-order chi connectivity index (χ0) is 14.2. The number of esters is 1. The van der Waals surface area contributed by atoms with E-state index in [9.17, 15) is 9.18 Å². The maximum absolute atomic E-state index is 12.7. The standard InChI is InChI=1S/C15H20FNO3.ClH/c16-13-4-6-14(7-5-13)20-12-15(18)19-11-10-17-8-2-1-3-9-17;/h4-7H,1-3,8-12H2;1H. The summed E-state index contributed by atoms with van der Waals surface area (Å²) in [6.45, 7) is 3.50. The van der Waals surface area contributed by atoms with E-state index in [-0.39, 0.29) is 30.8 Å². The third kappa shape index (κ3) is 6.78. The van der Waals surface area contributed by atoms with Gasteiger partial charge >= 0.3 is 5.97 Å². The summed E-state index contributed by atoms with van der Waals surface area (Å²) >= 11 is 0. The number of carbonyl (C=O) groups excluding carboxylic acids is 1. The Hall–Kier alpha value is -1.33. The highest BCUT2D eigenvalue weighted by Gasteiger charge is 2.14. The molecule has 6 heteroatoms. The third-order valence-electron chi connectivity index (χ3n) is 3.45. The van der Waals surface area contributed by atoms with Crippen LogP contribution in [0, 0.1) is 5.82 Å². The SMILES string of the molecule is O=C(COc1ccc(F)cc1)OCC[NH+]1CCCCC1.[Cl-]. The molecule has 1 aromatic carbocycles. The lowest BCUT2D eigenvalue weighted by atomic mass is 10.1. The summed E-state index contributed by atoms with van der Waals surface area (Å²) in [5.41, 5.74) is 0. The molecule has 1 aliphatic rings. The van der Waals surface area contributed by atoms with Gasteiger partial charge in [0.25, 0.3) is 0 Å². The highest BCUT2D eigenvalue weighted by atomic mass is 35.5. The van der Waals surface area contributed by atoms with E-state index in [1.807, 2.05) is 0 Å². The molecule has 0 aromatic heterocycles. The molecule has 1 fully saturated rings. The van der Waals surface area contributed by atoms with E-state index in [1.54, 1.807) is 0 Å². The van der Waals surface area contributed by atoms with Crippen molar-refractivity contribution in [1.29, 1.82) is 0 Å². The minimum atomic E-state index is -0.384. The van der Waals surface area contributed by atoms with Gasteiger partial charge in [-0.05, 0) is 43.5 Å². The Morgan fingerprint density at radius 1 is 1.14 bits per heavy atom. The number of rotatable bonds is 6. The van der Waals surface area contributed by atoms with E-state index in [1.165, 1.54) is 61.5 Å². The Balaban J connectivity index is 0.00000220. The molecular weight excluding hydrogens is 297 g/mol. The zero-order valence-electron chi connectivity index (χ0n) is 11.9. The molecule has 118 valence electrons. The lowest BCUT2D eigenvalue weighted by Crippen LogP contribution is -3.13. The first-order valence-electron chi connectivity index (χ1n) is 7.11. The van der Waals surface area contributed by atoms with Crippen LogP contribution in [0.1, 0.15) is 19.3 Å². The van der Waals surface area contributed by atoms with Crippen LogP contribution in [0.25, 0.3) is 0 Å². The summed E-state index contributed by atoms with van der Waals surface area (Å²) in [6.07, 6.45) is 3.84. The van der Waals surface area contributed by atoms with Gasteiger partial charge in [-0.15, -0.1) is 0 Å². The van der Waals surface area contributed by atoms with Crippen molar-refractivity contribution in [3.8, 4) is 5.75 Å². The molecule has 0 amide bonds. The fourth-order valence-corrected chi connectivity index (χ4v) is 2.33. The molecule has 0 unspecified atom stereocenters. The van der Waals surface area contributed by atoms with Crippen LogP contribution in [-0.2, 0) is 9.53 Å². The largest absolute Gasteiger partial charge is 1.00 e. The van der Waals surface area contributed by atoms with Gasteiger partial charge in [0, 0.05) is 0 Å². The van der Waals surface area contributed by atoms with Crippen LogP contribution in [0.2, 0.25) is 0 Å². The molecule has 0 spiro atoms. The molecule has 1 N–H and O–H groups in total. The van der Waals surface area contributed by atoms with Crippen molar-refractivity contribution >= 4 is 5.97 Å². The molecule has 1 aliphatic heterocycles. The lowest BCUT2D eigenvalue weighted by Gasteiger charge is -2.23. The Morgan fingerprint density at radius 3 is 2.48 bits per heavy atom. The Labute approximate surface area is 130 Å². The average molecular weight is 318 g/mol. The molecule has 0 saturated carbocycles.